The molecule has 4 aliphatic heterocycles. The summed E-state index contributed by atoms with van der Waals surface area (Å²) in [7, 11) is -0.698. The summed E-state index contributed by atoms with van der Waals surface area (Å²) in [5.74, 6) is 0. The van der Waals surface area contributed by atoms with Crippen molar-refractivity contribution in [3.05, 3.63) is 23.1 Å². The molecule has 2 fully saturated rings. The standard InChI is InChI=1S/2C16H28BNO4/c1-14(2,3)20-13(19)18-10-8-12(9-11-18)17-21-15(4,5)16(6,7)22-17;1-14(2,3)12-10-11(8-9-18(12)13(19)20)17-21-15(4,5)16(6,7)22-17/h8H,9-11H2,1-7H3;8,12H,9-10H2,1-7H3,(H,19,20). The molecule has 2 amide bonds. The second kappa shape index (κ2) is 12.3. The molecular weight excluding hydrogens is 562 g/mol. The van der Waals surface area contributed by atoms with E-state index in [9.17, 15) is 14.7 Å². The van der Waals surface area contributed by atoms with E-state index in [-0.39, 0.29) is 54.2 Å². The molecule has 2 saturated heterocycles. The molecule has 4 rings (SSSR count). The minimum absolute atomic E-state index is 0.0796. The number of rotatable bonds is 2. The van der Waals surface area contributed by atoms with Crippen molar-refractivity contribution in [3.63, 3.8) is 0 Å². The summed E-state index contributed by atoms with van der Waals surface area (Å²) in [6.45, 7) is 29.7. The number of ether oxygens (including phenoxy) is 1. The van der Waals surface area contributed by atoms with Crippen LogP contribution in [0.3, 0.4) is 0 Å². The van der Waals surface area contributed by atoms with Gasteiger partial charge in [-0.05, 0) is 105 Å². The van der Waals surface area contributed by atoms with Crippen molar-refractivity contribution >= 4 is 26.4 Å². The van der Waals surface area contributed by atoms with E-state index in [1.165, 1.54) is 4.90 Å². The Morgan fingerprint density at radius 3 is 1.59 bits per heavy atom. The zero-order valence-electron chi connectivity index (χ0n) is 29.6. The number of carbonyl (C=O) groups is 2. The Morgan fingerprint density at radius 1 is 0.795 bits per heavy atom. The molecule has 248 valence electrons. The van der Waals surface area contributed by atoms with Crippen LogP contribution in [0.1, 0.15) is 110 Å². The lowest BCUT2D eigenvalue weighted by molar-refractivity contribution is 0.00578. The fourth-order valence-electron chi connectivity index (χ4n) is 5.32. The molecule has 1 unspecified atom stereocenters. The van der Waals surface area contributed by atoms with Crippen molar-refractivity contribution in [1.82, 2.24) is 9.80 Å². The molecule has 1 N–H and O–H groups in total. The Balaban J connectivity index is 0.000000240. The molecule has 44 heavy (non-hydrogen) atoms. The van der Waals surface area contributed by atoms with Gasteiger partial charge in [0.25, 0.3) is 0 Å². The molecular formula is C32H56B2N2O8. The van der Waals surface area contributed by atoms with Crippen molar-refractivity contribution in [2.75, 3.05) is 19.6 Å². The predicted molar refractivity (Wildman–Crippen MR) is 173 cm³/mol. The fourth-order valence-corrected chi connectivity index (χ4v) is 5.32. The summed E-state index contributed by atoms with van der Waals surface area (Å²) in [5, 5.41) is 9.42. The summed E-state index contributed by atoms with van der Waals surface area (Å²) >= 11 is 0. The summed E-state index contributed by atoms with van der Waals surface area (Å²) < 4.78 is 29.7. The molecule has 4 heterocycles. The zero-order valence-corrected chi connectivity index (χ0v) is 29.6. The maximum absolute atomic E-state index is 12.1. The van der Waals surface area contributed by atoms with E-state index < -0.39 is 11.7 Å². The molecule has 0 aromatic rings. The van der Waals surface area contributed by atoms with Crippen molar-refractivity contribution in [1.29, 1.82) is 0 Å². The van der Waals surface area contributed by atoms with Crippen LogP contribution in [0.15, 0.2) is 23.1 Å². The average molecular weight is 618 g/mol. The minimum atomic E-state index is -0.871. The Bertz CT molecular complexity index is 1120. The Hall–Kier alpha value is -2.01. The van der Waals surface area contributed by atoms with Gasteiger partial charge in [0.15, 0.2) is 0 Å². The molecule has 0 saturated carbocycles. The lowest BCUT2D eigenvalue weighted by atomic mass is 9.68. The molecule has 12 heteroatoms. The van der Waals surface area contributed by atoms with Crippen LogP contribution in [-0.4, -0.2) is 95.0 Å². The summed E-state index contributed by atoms with van der Waals surface area (Å²) in [6.07, 6.45) is 4.22. The average Bonchev–Trinajstić information content (AvgIpc) is 3.22. The maximum Gasteiger partial charge on any atom is 0.490 e. The van der Waals surface area contributed by atoms with E-state index in [0.717, 1.165) is 17.4 Å². The van der Waals surface area contributed by atoms with Crippen LogP contribution in [0.25, 0.3) is 0 Å². The first-order chi connectivity index (χ1) is 19.8. The van der Waals surface area contributed by atoms with Gasteiger partial charge in [0.1, 0.15) is 5.60 Å². The van der Waals surface area contributed by atoms with Crippen LogP contribution in [0, 0.1) is 5.41 Å². The third-order valence-corrected chi connectivity index (χ3v) is 9.61. The first-order valence-electron chi connectivity index (χ1n) is 15.8. The molecule has 0 aromatic heterocycles. The van der Waals surface area contributed by atoms with Gasteiger partial charge in [-0.2, -0.15) is 0 Å². The SMILES string of the molecule is CC(C)(C)C1CC(B2OC(C)(C)C(C)(C)O2)=CCN1C(=O)O.CC(C)(C)OC(=O)N1CC=C(B2OC(C)(C)C(C)(C)O2)CC1. The summed E-state index contributed by atoms with van der Waals surface area (Å²) in [4.78, 5) is 26.8. The van der Waals surface area contributed by atoms with E-state index in [2.05, 4.69) is 20.8 Å². The maximum atomic E-state index is 12.1. The second-order valence-corrected chi connectivity index (χ2v) is 16.4. The molecule has 0 radical (unpaired) electrons. The van der Waals surface area contributed by atoms with Gasteiger partial charge in [-0.25, -0.2) is 9.59 Å². The number of hydrogen-bond acceptors (Lipinski definition) is 7. The van der Waals surface area contributed by atoms with Crippen LogP contribution in [0.5, 0.6) is 0 Å². The predicted octanol–water partition coefficient (Wildman–Crippen LogP) is 6.53. The molecule has 0 bridgehead atoms. The molecule has 1 atom stereocenters. The highest BCUT2D eigenvalue weighted by atomic mass is 16.7. The van der Waals surface area contributed by atoms with Gasteiger partial charge in [0.2, 0.25) is 0 Å². The quantitative estimate of drug-likeness (QED) is 0.349. The lowest BCUT2D eigenvalue weighted by Crippen LogP contribution is -2.50. The van der Waals surface area contributed by atoms with Crippen molar-refractivity contribution < 1.29 is 38.0 Å². The number of carbonyl (C=O) groups excluding carboxylic acids is 1. The second-order valence-electron chi connectivity index (χ2n) is 16.4. The van der Waals surface area contributed by atoms with Gasteiger partial charge in [0.05, 0.1) is 22.4 Å². The van der Waals surface area contributed by atoms with Crippen LogP contribution < -0.4 is 0 Å². The number of hydrogen-bond donors (Lipinski definition) is 1. The molecule has 0 aromatic carbocycles. The zero-order chi connectivity index (χ0) is 33.7. The van der Waals surface area contributed by atoms with Crippen LogP contribution in [0.2, 0.25) is 0 Å². The Morgan fingerprint density at radius 2 is 1.23 bits per heavy atom. The van der Waals surface area contributed by atoms with Crippen molar-refractivity contribution in [2.24, 2.45) is 5.41 Å². The van der Waals surface area contributed by atoms with Gasteiger partial charge in [0, 0.05) is 25.7 Å². The third-order valence-electron chi connectivity index (χ3n) is 9.61. The first-order valence-corrected chi connectivity index (χ1v) is 15.8. The van der Waals surface area contributed by atoms with Crippen molar-refractivity contribution in [2.45, 2.75) is 144 Å². The molecule has 0 spiro atoms. The smallest absolute Gasteiger partial charge is 0.465 e. The van der Waals surface area contributed by atoms with Crippen LogP contribution >= 0.6 is 0 Å². The number of amides is 2. The van der Waals surface area contributed by atoms with Crippen molar-refractivity contribution in [3.8, 4) is 0 Å². The first kappa shape index (κ1) is 36.5. The topological polar surface area (TPSA) is 107 Å². The van der Waals surface area contributed by atoms with E-state index in [1.807, 2.05) is 88.3 Å². The van der Waals surface area contributed by atoms with E-state index in [0.29, 0.717) is 26.1 Å². The fraction of sp³-hybridized carbons (Fsp3) is 0.812. The van der Waals surface area contributed by atoms with E-state index in [4.69, 9.17) is 23.4 Å². The van der Waals surface area contributed by atoms with E-state index in [1.54, 1.807) is 4.90 Å². The largest absolute Gasteiger partial charge is 0.490 e. The van der Waals surface area contributed by atoms with Crippen LogP contribution in [0.4, 0.5) is 9.59 Å². The highest BCUT2D eigenvalue weighted by Gasteiger charge is 2.54. The summed E-state index contributed by atoms with van der Waals surface area (Å²) in [6, 6.07) is -0.0796. The van der Waals surface area contributed by atoms with Gasteiger partial charge < -0.3 is 38.3 Å². The highest BCUT2D eigenvalue weighted by Crippen LogP contribution is 2.42. The van der Waals surface area contributed by atoms with Gasteiger partial charge in [-0.3, -0.25) is 0 Å². The normalized spacial score (nSPS) is 26.0. The highest BCUT2D eigenvalue weighted by molar-refractivity contribution is 6.55. The van der Waals surface area contributed by atoms with Gasteiger partial charge in [-0.15, -0.1) is 0 Å². The van der Waals surface area contributed by atoms with Gasteiger partial charge in [-0.1, -0.05) is 32.9 Å². The number of carboxylic acid groups (broad SMARTS) is 1. The Kier molecular flexibility index (Phi) is 10.2. The third kappa shape index (κ3) is 8.22. The minimum Gasteiger partial charge on any atom is -0.465 e. The van der Waals surface area contributed by atoms with E-state index >= 15 is 0 Å². The monoisotopic (exact) mass is 618 g/mol. The number of nitrogens with zero attached hydrogens (tertiary/aromatic N) is 2. The van der Waals surface area contributed by atoms with Gasteiger partial charge >= 0.3 is 26.4 Å². The molecule has 0 aliphatic carbocycles. The molecule has 4 aliphatic rings. The van der Waals surface area contributed by atoms with Crippen LogP contribution in [-0.2, 0) is 23.4 Å². The molecule has 10 nitrogen and oxygen atoms in total. The Labute approximate surface area is 266 Å². The lowest BCUT2D eigenvalue weighted by Gasteiger charge is -2.41. The summed E-state index contributed by atoms with van der Waals surface area (Å²) in [5.41, 5.74) is 0.143.